The minimum atomic E-state index is -3.16. The molecule has 0 spiro atoms. The van der Waals surface area contributed by atoms with Crippen LogP contribution >= 0.6 is 0 Å². The Balaban J connectivity index is 2.88. The maximum atomic E-state index is 11.8. The highest BCUT2D eigenvalue weighted by atomic mass is 32.2. The van der Waals surface area contributed by atoms with Gasteiger partial charge in [0.25, 0.3) is 0 Å². The molecule has 1 saturated heterocycles. The second-order valence-corrected chi connectivity index (χ2v) is 7.59. The van der Waals surface area contributed by atoms with Crippen LogP contribution in [0, 0.1) is 5.92 Å². The van der Waals surface area contributed by atoms with E-state index in [0.29, 0.717) is 6.61 Å². The van der Waals surface area contributed by atoms with E-state index < -0.39 is 14.6 Å². The highest BCUT2D eigenvalue weighted by molar-refractivity contribution is 7.92. The molecule has 0 aliphatic carbocycles. The fraction of sp³-hybridized carbons (Fsp3) is 1.00. The van der Waals surface area contributed by atoms with Crippen molar-refractivity contribution in [3.05, 3.63) is 0 Å². The Hall–Kier alpha value is -0.170. The van der Waals surface area contributed by atoms with Crippen molar-refractivity contribution in [1.29, 1.82) is 0 Å². The fourth-order valence-electron chi connectivity index (χ4n) is 2.16. The number of nitrogens with two attached hydrogens (primary N) is 1. The average molecular weight is 250 g/mol. The third-order valence-corrected chi connectivity index (χ3v) is 5.72. The van der Waals surface area contributed by atoms with Crippen molar-refractivity contribution in [3.8, 4) is 0 Å². The van der Waals surface area contributed by atoms with Crippen LogP contribution in [0.5, 0.6) is 0 Å². The molecular formula is C10H22N2O3S. The second kappa shape index (κ2) is 5.00. The maximum Gasteiger partial charge on any atom is 0.154 e. The normalized spacial score (nSPS) is 25.4. The Morgan fingerprint density at radius 1 is 1.50 bits per heavy atom. The van der Waals surface area contributed by atoms with E-state index >= 15 is 0 Å². The number of hydrogen-bond donors (Lipinski definition) is 2. The van der Waals surface area contributed by atoms with Gasteiger partial charge in [-0.1, -0.05) is 0 Å². The molecule has 0 radical (unpaired) electrons. The van der Waals surface area contributed by atoms with E-state index in [1.807, 2.05) is 0 Å². The van der Waals surface area contributed by atoms with Crippen molar-refractivity contribution < 1.29 is 13.2 Å². The molecule has 0 saturated carbocycles. The summed E-state index contributed by atoms with van der Waals surface area (Å²) in [6.45, 7) is 4.75. The summed E-state index contributed by atoms with van der Waals surface area (Å²) in [5.74, 6) is 5.67. The van der Waals surface area contributed by atoms with Gasteiger partial charge in [0.1, 0.15) is 0 Å². The van der Waals surface area contributed by atoms with Crippen LogP contribution in [0.4, 0.5) is 0 Å². The predicted molar refractivity (Wildman–Crippen MR) is 63.6 cm³/mol. The lowest BCUT2D eigenvalue weighted by atomic mass is 9.86. The molecular weight excluding hydrogens is 228 g/mol. The third kappa shape index (κ3) is 2.74. The van der Waals surface area contributed by atoms with Crippen molar-refractivity contribution in [2.24, 2.45) is 11.8 Å². The van der Waals surface area contributed by atoms with Crippen molar-refractivity contribution in [3.63, 3.8) is 0 Å². The lowest BCUT2D eigenvalue weighted by Crippen LogP contribution is -2.58. The molecule has 2 atom stereocenters. The fourth-order valence-corrected chi connectivity index (χ4v) is 2.89. The smallest absolute Gasteiger partial charge is 0.154 e. The number of ether oxygens (including phenoxy) is 1. The van der Waals surface area contributed by atoms with Gasteiger partial charge in [0.2, 0.25) is 0 Å². The first-order valence-corrected chi connectivity index (χ1v) is 7.43. The van der Waals surface area contributed by atoms with Gasteiger partial charge in [-0.2, -0.15) is 0 Å². The molecule has 5 nitrogen and oxygen atoms in total. The van der Waals surface area contributed by atoms with E-state index in [-0.39, 0.29) is 12.0 Å². The molecule has 0 bridgehead atoms. The van der Waals surface area contributed by atoms with Crippen LogP contribution in [0.3, 0.4) is 0 Å². The molecule has 0 amide bonds. The van der Waals surface area contributed by atoms with Gasteiger partial charge < -0.3 is 4.74 Å². The van der Waals surface area contributed by atoms with Gasteiger partial charge in [-0.25, -0.2) is 8.42 Å². The summed E-state index contributed by atoms with van der Waals surface area (Å²) in [5, 5.41) is 0. The van der Waals surface area contributed by atoms with Crippen LogP contribution in [-0.2, 0) is 14.6 Å². The molecule has 1 aliphatic heterocycles. The van der Waals surface area contributed by atoms with Gasteiger partial charge in [0, 0.05) is 24.8 Å². The minimum absolute atomic E-state index is 0.156. The Kier molecular flexibility index (Phi) is 4.34. The summed E-state index contributed by atoms with van der Waals surface area (Å²) in [6.07, 6.45) is 3.16. The second-order valence-electron chi connectivity index (χ2n) is 5.00. The Labute approximate surface area is 97.6 Å². The summed E-state index contributed by atoms with van der Waals surface area (Å²) >= 11 is 0. The van der Waals surface area contributed by atoms with Crippen LogP contribution in [-0.4, -0.2) is 38.7 Å². The number of sulfone groups is 1. The lowest BCUT2D eigenvalue weighted by Gasteiger charge is -2.39. The average Bonchev–Trinajstić information content (AvgIpc) is 2.18. The van der Waals surface area contributed by atoms with Gasteiger partial charge in [0.15, 0.2) is 9.84 Å². The molecule has 0 aromatic carbocycles. The first-order chi connectivity index (χ1) is 7.30. The van der Waals surface area contributed by atoms with Gasteiger partial charge in [-0.3, -0.25) is 11.3 Å². The van der Waals surface area contributed by atoms with Crippen LogP contribution in [0.2, 0.25) is 0 Å². The SMILES string of the molecule is CC(C)(C(NN)C1CCCOC1)S(C)(=O)=O. The highest BCUT2D eigenvalue weighted by Gasteiger charge is 2.43. The van der Waals surface area contributed by atoms with Crippen molar-refractivity contribution >= 4 is 9.84 Å². The third-order valence-electron chi connectivity index (χ3n) is 3.55. The monoisotopic (exact) mass is 250 g/mol. The van der Waals surface area contributed by atoms with Crippen LogP contribution < -0.4 is 11.3 Å². The largest absolute Gasteiger partial charge is 0.381 e. The van der Waals surface area contributed by atoms with E-state index in [0.717, 1.165) is 19.4 Å². The quantitative estimate of drug-likeness (QED) is 0.545. The van der Waals surface area contributed by atoms with Crippen molar-refractivity contribution in [2.75, 3.05) is 19.5 Å². The van der Waals surface area contributed by atoms with Gasteiger partial charge in [0.05, 0.1) is 11.4 Å². The molecule has 3 N–H and O–H groups in total. The van der Waals surface area contributed by atoms with Crippen LogP contribution in [0.15, 0.2) is 0 Å². The number of rotatable bonds is 4. The van der Waals surface area contributed by atoms with E-state index in [2.05, 4.69) is 5.43 Å². The van der Waals surface area contributed by atoms with Gasteiger partial charge in [-0.05, 0) is 26.7 Å². The first kappa shape index (κ1) is 13.9. The van der Waals surface area contributed by atoms with Gasteiger partial charge in [-0.15, -0.1) is 0 Å². The zero-order valence-electron chi connectivity index (χ0n) is 10.2. The zero-order chi connectivity index (χ0) is 12.4. The standard InChI is InChI=1S/C10H22N2O3S/c1-10(2,16(3,13)14)9(12-11)8-5-4-6-15-7-8/h8-9,12H,4-7,11H2,1-3H3. The minimum Gasteiger partial charge on any atom is -0.381 e. The Morgan fingerprint density at radius 3 is 2.50 bits per heavy atom. The summed E-state index contributed by atoms with van der Waals surface area (Å²) in [6, 6.07) is -0.275. The van der Waals surface area contributed by atoms with Crippen LogP contribution in [0.1, 0.15) is 26.7 Å². The van der Waals surface area contributed by atoms with Crippen molar-refractivity contribution in [2.45, 2.75) is 37.5 Å². The molecule has 0 aromatic rings. The van der Waals surface area contributed by atoms with Crippen LogP contribution in [0.25, 0.3) is 0 Å². The topological polar surface area (TPSA) is 81.4 Å². The maximum absolute atomic E-state index is 11.8. The highest BCUT2D eigenvalue weighted by Crippen LogP contribution is 2.29. The predicted octanol–water partition coefficient (Wildman–Crippen LogP) is 0.0681. The zero-order valence-corrected chi connectivity index (χ0v) is 11.0. The van der Waals surface area contributed by atoms with E-state index in [4.69, 9.17) is 10.6 Å². The van der Waals surface area contributed by atoms with Crippen molar-refractivity contribution in [1.82, 2.24) is 5.43 Å². The molecule has 1 heterocycles. The molecule has 1 aliphatic rings. The molecule has 96 valence electrons. The Bertz CT molecular complexity index is 321. The summed E-state index contributed by atoms with van der Waals surface area (Å²) in [5.41, 5.74) is 2.66. The van der Waals surface area contributed by atoms with E-state index in [1.54, 1.807) is 13.8 Å². The number of hydrogen-bond acceptors (Lipinski definition) is 5. The van der Waals surface area contributed by atoms with Gasteiger partial charge >= 0.3 is 0 Å². The number of nitrogens with one attached hydrogen (secondary N) is 1. The first-order valence-electron chi connectivity index (χ1n) is 5.54. The molecule has 1 rings (SSSR count). The molecule has 2 unspecified atom stereocenters. The summed E-state index contributed by atoms with van der Waals surface area (Å²) in [4.78, 5) is 0. The number of hydrazine groups is 1. The lowest BCUT2D eigenvalue weighted by molar-refractivity contribution is 0.0339. The molecule has 6 heteroatoms. The van der Waals surface area contributed by atoms with E-state index in [1.165, 1.54) is 6.26 Å². The summed E-state index contributed by atoms with van der Waals surface area (Å²) < 4.78 is 28.0. The molecule has 1 fully saturated rings. The molecule has 16 heavy (non-hydrogen) atoms. The summed E-state index contributed by atoms with van der Waals surface area (Å²) in [7, 11) is -3.16. The Morgan fingerprint density at radius 2 is 2.12 bits per heavy atom. The molecule has 0 aromatic heterocycles. The van der Waals surface area contributed by atoms with E-state index in [9.17, 15) is 8.42 Å².